The Balaban J connectivity index is 1.46. The molecule has 2 fully saturated rings. The van der Waals surface area contributed by atoms with Crippen LogP contribution in [0.25, 0.3) is 0 Å². The highest BCUT2D eigenvalue weighted by molar-refractivity contribution is 5.75. The highest BCUT2D eigenvalue weighted by Crippen LogP contribution is 2.42. The van der Waals surface area contributed by atoms with Crippen LogP contribution in [0.4, 0.5) is 13.2 Å². The minimum Gasteiger partial charge on any atom is -0.425 e. The smallest absolute Gasteiger partial charge is 0.425 e. The molecule has 1 aromatic heterocycles. The molecule has 0 aromatic carbocycles. The van der Waals surface area contributed by atoms with Crippen LogP contribution in [0, 0.1) is 23.7 Å². The molecule has 27 heavy (non-hydrogen) atoms. The molecule has 0 aliphatic heterocycles. The van der Waals surface area contributed by atoms with Crippen LogP contribution in [0.15, 0.2) is 18.3 Å². The number of carbonyl (C=O) groups is 1. The predicted octanol–water partition coefficient (Wildman–Crippen LogP) is 6.03. The van der Waals surface area contributed by atoms with E-state index in [-0.39, 0.29) is 17.6 Å². The van der Waals surface area contributed by atoms with Gasteiger partial charge in [0.15, 0.2) is 0 Å². The largest absolute Gasteiger partial charge is 0.433 e. The van der Waals surface area contributed by atoms with Gasteiger partial charge in [-0.2, -0.15) is 13.2 Å². The first kappa shape index (κ1) is 20.2. The van der Waals surface area contributed by atoms with Gasteiger partial charge >= 0.3 is 12.1 Å². The van der Waals surface area contributed by atoms with Crippen molar-refractivity contribution in [2.24, 2.45) is 23.7 Å². The highest BCUT2D eigenvalue weighted by Gasteiger charge is 2.34. The van der Waals surface area contributed by atoms with Crippen molar-refractivity contribution in [3.63, 3.8) is 0 Å². The molecule has 1 aromatic rings. The normalized spacial score (nSPS) is 29.3. The number of esters is 1. The van der Waals surface area contributed by atoms with Crippen LogP contribution < -0.4 is 4.74 Å². The van der Waals surface area contributed by atoms with E-state index in [0.29, 0.717) is 5.92 Å². The van der Waals surface area contributed by atoms with Crippen molar-refractivity contribution < 1.29 is 22.7 Å². The third-order valence-corrected chi connectivity index (χ3v) is 6.49. The summed E-state index contributed by atoms with van der Waals surface area (Å²) in [5, 5.41) is 0. The molecule has 1 heterocycles. The van der Waals surface area contributed by atoms with Gasteiger partial charge in [0, 0.05) is 0 Å². The van der Waals surface area contributed by atoms with Crippen LogP contribution >= 0.6 is 0 Å². The quantitative estimate of drug-likeness (QED) is 0.596. The van der Waals surface area contributed by atoms with Gasteiger partial charge in [0.2, 0.25) is 0 Å². The van der Waals surface area contributed by atoms with Crippen molar-refractivity contribution in [1.82, 2.24) is 4.98 Å². The summed E-state index contributed by atoms with van der Waals surface area (Å²) in [6, 6.07) is 2.00. The maximum atomic E-state index is 12.5. The fourth-order valence-electron chi connectivity index (χ4n) is 4.70. The van der Waals surface area contributed by atoms with E-state index in [0.717, 1.165) is 55.8 Å². The Labute approximate surface area is 158 Å². The van der Waals surface area contributed by atoms with Crippen molar-refractivity contribution in [2.45, 2.75) is 70.9 Å². The summed E-state index contributed by atoms with van der Waals surface area (Å²) in [4.78, 5) is 15.7. The van der Waals surface area contributed by atoms with Crippen LogP contribution in [-0.4, -0.2) is 11.0 Å². The predicted molar refractivity (Wildman–Crippen MR) is 96.1 cm³/mol. The zero-order valence-electron chi connectivity index (χ0n) is 15.8. The molecule has 0 radical (unpaired) electrons. The average Bonchev–Trinajstić information content (AvgIpc) is 2.68. The van der Waals surface area contributed by atoms with Gasteiger partial charge in [0.25, 0.3) is 0 Å². The molecule has 6 heteroatoms. The first-order valence-electron chi connectivity index (χ1n) is 10.1. The minimum atomic E-state index is -4.49. The molecule has 0 bridgehead atoms. The maximum absolute atomic E-state index is 12.5. The molecular weight excluding hydrogens is 355 g/mol. The molecule has 0 saturated heterocycles. The second-order valence-corrected chi connectivity index (χ2v) is 8.10. The number of rotatable bonds is 4. The minimum absolute atomic E-state index is 0.0769. The van der Waals surface area contributed by atoms with Crippen molar-refractivity contribution in [2.75, 3.05) is 0 Å². The molecule has 2 aliphatic carbocycles. The molecule has 3 rings (SSSR count). The van der Waals surface area contributed by atoms with Gasteiger partial charge < -0.3 is 4.74 Å². The Morgan fingerprint density at radius 1 is 1.04 bits per heavy atom. The van der Waals surface area contributed by atoms with Gasteiger partial charge in [-0.05, 0) is 68.4 Å². The van der Waals surface area contributed by atoms with Crippen molar-refractivity contribution in [3.8, 4) is 5.75 Å². The molecule has 0 spiro atoms. The number of ether oxygens (including phenoxy) is 1. The summed E-state index contributed by atoms with van der Waals surface area (Å²) in [6.07, 6.45) is 6.79. The first-order chi connectivity index (χ1) is 12.9. The summed E-state index contributed by atoms with van der Waals surface area (Å²) in [5.74, 6) is 1.97. The fourth-order valence-corrected chi connectivity index (χ4v) is 4.70. The van der Waals surface area contributed by atoms with E-state index in [1.807, 2.05) is 0 Å². The number of carbonyl (C=O) groups excluding carboxylic acids is 1. The number of hydrogen-bond acceptors (Lipinski definition) is 3. The van der Waals surface area contributed by atoms with Crippen LogP contribution in [0.1, 0.15) is 70.4 Å². The third kappa shape index (κ3) is 5.23. The number of hydrogen-bond donors (Lipinski definition) is 0. The van der Waals surface area contributed by atoms with Crippen LogP contribution in [0.5, 0.6) is 5.75 Å². The Morgan fingerprint density at radius 3 is 2.11 bits per heavy atom. The van der Waals surface area contributed by atoms with Crippen LogP contribution in [-0.2, 0) is 11.0 Å². The van der Waals surface area contributed by atoms with Gasteiger partial charge in [0.1, 0.15) is 11.4 Å². The number of pyridine rings is 1. The summed E-state index contributed by atoms with van der Waals surface area (Å²) < 4.78 is 42.9. The summed E-state index contributed by atoms with van der Waals surface area (Å²) in [7, 11) is 0. The standard InChI is InChI=1S/C21H28F3NO2/c1-2-14-3-5-15(6-4-14)16-7-9-17(10-8-16)20(26)27-18-11-12-19(25-13-18)21(22,23)24/h11-17H,2-10H2,1H3/t14-,15-,16-,17-. The first-order valence-corrected chi connectivity index (χ1v) is 10.1. The zero-order chi connectivity index (χ0) is 19.4. The van der Waals surface area contributed by atoms with Gasteiger partial charge in [0.05, 0.1) is 12.1 Å². The Morgan fingerprint density at radius 2 is 1.63 bits per heavy atom. The van der Waals surface area contributed by atoms with Gasteiger partial charge in [-0.25, -0.2) is 4.98 Å². The number of nitrogens with zero attached hydrogens (tertiary/aromatic N) is 1. The van der Waals surface area contributed by atoms with E-state index in [1.54, 1.807) is 0 Å². The summed E-state index contributed by atoms with van der Waals surface area (Å²) in [5.41, 5.74) is -0.986. The van der Waals surface area contributed by atoms with E-state index in [2.05, 4.69) is 11.9 Å². The van der Waals surface area contributed by atoms with E-state index in [1.165, 1.54) is 32.1 Å². The van der Waals surface area contributed by atoms with Crippen molar-refractivity contribution in [3.05, 3.63) is 24.0 Å². The van der Waals surface area contributed by atoms with Gasteiger partial charge in [-0.15, -0.1) is 0 Å². The summed E-state index contributed by atoms with van der Waals surface area (Å²) >= 11 is 0. The van der Waals surface area contributed by atoms with E-state index >= 15 is 0 Å². The van der Waals surface area contributed by atoms with Crippen LogP contribution in [0.2, 0.25) is 0 Å². The van der Waals surface area contributed by atoms with E-state index in [9.17, 15) is 18.0 Å². The fraction of sp³-hybridized carbons (Fsp3) is 0.714. The molecule has 0 N–H and O–H groups in total. The van der Waals surface area contributed by atoms with Gasteiger partial charge in [-0.3, -0.25) is 4.79 Å². The molecule has 150 valence electrons. The lowest BCUT2D eigenvalue weighted by Crippen LogP contribution is -2.30. The van der Waals surface area contributed by atoms with Gasteiger partial charge in [-0.1, -0.05) is 26.2 Å². The van der Waals surface area contributed by atoms with Crippen molar-refractivity contribution in [1.29, 1.82) is 0 Å². The molecule has 2 aliphatic rings. The maximum Gasteiger partial charge on any atom is 0.433 e. The lowest BCUT2D eigenvalue weighted by atomic mass is 9.69. The third-order valence-electron chi connectivity index (χ3n) is 6.49. The molecule has 0 atom stereocenters. The Hall–Kier alpha value is -1.59. The second-order valence-electron chi connectivity index (χ2n) is 8.10. The highest BCUT2D eigenvalue weighted by atomic mass is 19.4. The molecule has 0 amide bonds. The topological polar surface area (TPSA) is 39.2 Å². The molecule has 2 saturated carbocycles. The number of halogens is 3. The lowest BCUT2D eigenvalue weighted by Gasteiger charge is -2.37. The molecule has 0 unspecified atom stereocenters. The number of alkyl halides is 3. The average molecular weight is 383 g/mol. The summed E-state index contributed by atoms with van der Waals surface area (Å²) in [6.45, 7) is 2.27. The SMILES string of the molecule is CC[C@H]1CC[C@H]([C@H]2CC[C@H](C(=O)Oc3ccc(C(F)(F)F)nc3)CC2)CC1. The van der Waals surface area contributed by atoms with Crippen molar-refractivity contribution >= 4 is 5.97 Å². The zero-order valence-corrected chi connectivity index (χ0v) is 15.8. The van der Waals surface area contributed by atoms with Crippen LogP contribution in [0.3, 0.4) is 0 Å². The lowest BCUT2D eigenvalue weighted by molar-refractivity contribution is -0.141. The Bertz CT molecular complexity index is 613. The van der Waals surface area contributed by atoms with E-state index < -0.39 is 11.9 Å². The number of aromatic nitrogens is 1. The van der Waals surface area contributed by atoms with E-state index in [4.69, 9.17) is 4.74 Å². The molecule has 3 nitrogen and oxygen atoms in total. The Kier molecular flexibility index (Phi) is 6.43. The monoisotopic (exact) mass is 383 g/mol. The second kappa shape index (κ2) is 8.61. The molecular formula is C21H28F3NO2.